The van der Waals surface area contributed by atoms with Gasteiger partial charge in [-0.3, -0.25) is 4.79 Å². The SMILES string of the molecule is C#Cc1cnc(O[C@H]2C[C@@H](C(C)=O)N(c3nc(C(F)(F)F)nc4c3oc3ccccc34)C2)c(C23CCOCC2C3)c1. The van der Waals surface area contributed by atoms with Crippen LogP contribution in [-0.2, 0) is 21.1 Å². The summed E-state index contributed by atoms with van der Waals surface area (Å²) in [6.45, 7) is 2.79. The monoisotopic (exact) mass is 562 g/mol. The third-order valence-electron chi connectivity index (χ3n) is 8.54. The first-order valence-corrected chi connectivity index (χ1v) is 13.4. The van der Waals surface area contributed by atoms with Crippen molar-refractivity contribution < 1.29 is 31.9 Å². The molecule has 2 unspecified atom stereocenters. The van der Waals surface area contributed by atoms with Crippen LogP contribution in [0.25, 0.3) is 22.1 Å². The van der Waals surface area contributed by atoms with E-state index in [-0.39, 0.29) is 41.1 Å². The fourth-order valence-electron chi connectivity index (χ4n) is 6.39. The van der Waals surface area contributed by atoms with Crippen molar-refractivity contribution in [1.82, 2.24) is 15.0 Å². The molecule has 3 fully saturated rings. The van der Waals surface area contributed by atoms with Crippen LogP contribution in [0, 0.1) is 18.3 Å². The summed E-state index contributed by atoms with van der Waals surface area (Å²) in [6, 6.07) is 7.86. The number of halogens is 3. The number of pyridine rings is 1. The largest absolute Gasteiger partial charge is 0.472 e. The van der Waals surface area contributed by atoms with Gasteiger partial charge in [0.2, 0.25) is 11.7 Å². The standard InChI is InChI=1S/C30H25F3N4O4/c1-3-17-10-21(29-8-9-39-15-18(29)12-29)27(34-13-17)40-19-11-22(16(2)38)37(14-19)26-25-24(35-28(36-26)30(31,32)33)20-6-4-5-7-23(20)41-25/h1,4-7,10,13,18-19,22H,8-9,11-12,14-15H2,2H3/t18?,19-,22-,29?/m0/s1. The Hall–Kier alpha value is -4.17. The molecule has 8 nitrogen and oxygen atoms in total. The number of terminal acetylenes is 1. The molecular weight excluding hydrogens is 537 g/mol. The number of Topliss-reactive ketones (excluding diaryl/α,β-unsaturated/α-hetero) is 1. The zero-order chi connectivity index (χ0) is 28.5. The number of nitrogens with zero attached hydrogens (tertiary/aromatic N) is 4. The number of hydrogen-bond donors (Lipinski definition) is 0. The molecule has 1 saturated carbocycles. The molecule has 0 amide bonds. The maximum atomic E-state index is 13.9. The molecule has 11 heteroatoms. The minimum atomic E-state index is -4.80. The molecule has 3 aromatic heterocycles. The van der Waals surface area contributed by atoms with E-state index in [0.29, 0.717) is 41.5 Å². The second-order valence-corrected chi connectivity index (χ2v) is 11.0. The highest BCUT2D eigenvalue weighted by atomic mass is 19.4. The summed E-state index contributed by atoms with van der Waals surface area (Å²) in [5.41, 5.74) is 1.94. The van der Waals surface area contributed by atoms with E-state index >= 15 is 0 Å². The minimum Gasteiger partial charge on any atom is -0.472 e. The first-order chi connectivity index (χ1) is 19.7. The maximum Gasteiger partial charge on any atom is 0.451 e. The number of furan rings is 1. The van der Waals surface area contributed by atoms with Crippen molar-refractivity contribution >= 4 is 33.7 Å². The highest BCUT2D eigenvalue weighted by molar-refractivity contribution is 6.06. The number of carbonyl (C=O) groups is 1. The Kier molecular flexibility index (Phi) is 5.77. The number of alkyl halides is 3. The van der Waals surface area contributed by atoms with Gasteiger partial charge in [-0.1, -0.05) is 18.1 Å². The number of hydrogen-bond acceptors (Lipinski definition) is 8. The van der Waals surface area contributed by atoms with Crippen LogP contribution in [0.15, 0.2) is 40.9 Å². The Labute approximate surface area is 232 Å². The molecule has 0 spiro atoms. The Balaban J connectivity index is 1.28. The summed E-state index contributed by atoms with van der Waals surface area (Å²) in [5.74, 6) is 1.79. The van der Waals surface area contributed by atoms with Gasteiger partial charge in [0.25, 0.3) is 0 Å². The van der Waals surface area contributed by atoms with Gasteiger partial charge < -0.3 is 18.8 Å². The van der Waals surface area contributed by atoms with Crippen LogP contribution in [0.1, 0.15) is 43.1 Å². The topological polar surface area (TPSA) is 90.6 Å². The van der Waals surface area contributed by atoms with Crippen molar-refractivity contribution in [3.8, 4) is 18.2 Å². The van der Waals surface area contributed by atoms with Crippen LogP contribution in [0.2, 0.25) is 0 Å². The molecule has 5 heterocycles. The molecule has 7 rings (SSSR count). The fourth-order valence-corrected chi connectivity index (χ4v) is 6.39. The lowest BCUT2D eigenvalue weighted by atomic mass is 9.89. The lowest BCUT2D eigenvalue weighted by Gasteiger charge is -2.26. The van der Waals surface area contributed by atoms with Crippen LogP contribution in [-0.4, -0.2) is 52.6 Å². The lowest BCUT2D eigenvalue weighted by molar-refractivity contribution is -0.144. The summed E-state index contributed by atoms with van der Waals surface area (Å²) in [7, 11) is 0. The molecule has 4 atom stereocenters. The summed E-state index contributed by atoms with van der Waals surface area (Å²) in [4.78, 5) is 26.6. The number of aromatic nitrogens is 3. The normalized spacial score (nSPS) is 25.7. The molecule has 41 heavy (non-hydrogen) atoms. The molecule has 3 aliphatic rings. The molecule has 210 valence electrons. The fraction of sp³-hybridized carbons (Fsp3) is 0.400. The van der Waals surface area contributed by atoms with E-state index in [2.05, 4.69) is 20.9 Å². The van der Waals surface area contributed by atoms with Crippen molar-refractivity contribution in [1.29, 1.82) is 0 Å². The van der Waals surface area contributed by atoms with Gasteiger partial charge in [-0.15, -0.1) is 6.42 Å². The number of para-hydroxylation sites is 1. The van der Waals surface area contributed by atoms with Gasteiger partial charge in [-0.25, -0.2) is 15.0 Å². The molecular formula is C30H25F3N4O4. The molecule has 0 radical (unpaired) electrons. The number of benzene rings is 1. The summed E-state index contributed by atoms with van der Waals surface area (Å²) in [5, 5.41) is 0.431. The van der Waals surface area contributed by atoms with Gasteiger partial charge in [0.15, 0.2) is 17.2 Å². The van der Waals surface area contributed by atoms with Crippen LogP contribution in [0.5, 0.6) is 5.88 Å². The van der Waals surface area contributed by atoms with Crippen LogP contribution in [0.4, 0.5) is 19.0 Å². The van der Waals surface area contributed by atoms with Gasteiger partial charge in [-0.2, -0.15) is 13.2 Å². The Morgan fingerprint density at radius 2 is 2.10 bits per heavy atom. The Morgan fingerprint density at radius 3 is 2.85 bits per heavy atom. The average molecular weight is 563 g/mol. The van der Waals surface area contributed by atoms with Crippen LogP contribution < -0.4 is 9.64 Å². The van der Waals surface area contributed by atoms with E-state index in [0.717, 1.165) is 18.4 Å². The number of ether oxygens (including phenoxy) is 2. The van der Waals surface area contributed by atoms with Crippen molar-refractivity contribution in [3.63, 3.8) is 0 Å². The molecule has 1 aromatic carbocycles. The number of anilines is 1. The molecule has 0 bridgehead atoms. The molecule has 0 N–H and O–H groups in total. The first kappa shape index (κ1) is 25.8. The van der Waals surface area contributed by atoms with Crippen molar-refractivity contribution in [2.24, 2.45) is 5.92 Å². The molecule has 1 aliphatic carbocycles. The average Bonchev–Trinajstić information content (AvgIpc) is 3.37. The van der Waals surface area contributed by atoms with E-state index in [1.54, 1.807) is 30.5 Å². The van der Waals surface area contributed by atoms with Gasteiger partial charge in [-0.05, 0) is 43.9 Å². The third-order valence-corrected chi connectivity index (χ3v) is 8.54. The summed E-state index contributed by atoms with van der Waals surface area (Å²) >= 11 is 0. The van der Waals surface area contributed by atoms with E-state index in [1.165, 1.54) is 11.8 Å². The highest BCUT2D eigenvalue weighted by Crippen LogP contribution is 2.60. The quantitative estimate of drug-likeness (QED) is 0.312. The number of rotatable bonds is 5. The zero-order valence-corrected chi connectivity index (χ0v) is 22.1. The van der Waals surface area contributed by atoms with Crippen molar-refractivity contribution in [3.05, 3.63) is 53.5 Å². The molecule has 4 aromatic rings. The van der Waals surface area contributed by atoms with E-state index in [1.807, 2.05) is 6.07 Å². The highest BCUT2D eigenvalue weighted by Gasteiger charge is 2.58. The minimum absolute atomic E-state index is 0.0387. The number of ketones is 1. The lowest BCUT2D eigenvalue weighted by Crippen LogP contribution is -2.36. The molecule has 2 saturated heterocycles. The van der Waals surface area contributed by atoms with Gasteiger partial charge in [0, 0.05) is 41.2 Å². The smallest absolute Gasteiger partial charge is 0.451 e. The van der Waals surface area contributed by atoms with Gasteiger partial charge in [0.1, 0.15) is 17.2 Å². The maximum absolute atomic E-state index is 13.9. The van der Waals surface area contributed by atoms with E-state index < -0.39 is 24.1 Å². The first-order valence-electron chi connectivity index (χ1n) is 13.4. The Morgan fingerprint density at radius 1 is 1.27 bits per heavy atom. The van der Waals surface area contributed by atoms with Crippen LogP contribution in [0.3, 0.4) is 0 Å². The van der Waals surface area contributed by atoms with Crippen LogP contribution >= 0.6 is 0 Å². The summed E-state index contributed by atoms with van der Waals surface area (Å²) < 4.78 is 59.9. The van der Waals surface area contributed by atoms with Gasteiger partial charge >= 0.3 is 6.18 Å². The predicted molar refractivity (Wildman–Crippen MR) is 143 cm³/mol. The zero-order valence-electron chi connectivity index (χ0n) is 22.1. The second kappa shape index (κ2) is 9.17. The summed E-state index contributed by atoms with van der Waals surface area (Å²) in [6.07, 6.45) is 3.88. The van der Waals surface area contributed by atoms with E-state index in [9.17, 15) is 18.0 Å². The number of carbonyl (C=O) groups excluding carboxylic acids is 1. The van der Waals surface area contributed by atoms with E-state index in [4.69, 9.17) is 20.3 Å². The Bertz CT molecular complexity index is 1750. The van der Waals surface area contributed by atoms with Crippen molar-refractivity contribution in [2.45, 2.75) is 49.9 Å². The van der Waals surface area contributed by atoms with Crippen molar-refractivity contribution in [2.75, 3.05) is 24.7 Å². The second-order valence-electron chi connectivity index (χ2n) is 11.0. The number of fused-ring (bicyclic) bond motifs is 4. The predicted octanol–water partition coefficient (Wildman–Crippen LogP) is 5.06. The van der Waals surface area contributed by atoms with Gasteiger partial charge in [0.05, 0.1) is 19.2 Å². The third kappa shape index (κ3) is 4.20. The molecule has 2 aliphatic heterocycles.